The van der Waals surface area contributed by atoms with Crippen LogP contribution < -0.4 is 9.47 Å². The Morgan fingerprint density at radius 2 is 1.86 bits per heavy atom. The predicted molar refractivity (Wildman–Crippen MR) is 98.1 cm³/mol. The lowest BCUT2D eigenvalue weighted by Crippen LogP contribution is -2.28. The number of rotatable bonds is 7. The monoisotopic (exact) mass is 412 g/mol. The van der Waals surface area contributed by atoms with Gasteiger partial charge in [0.05, 0.1) is 30.3 Å². The van der Waals surface area contributed by atoms with Crippen molar-refractivity contribution in [3.8, 4) is 11.5 Å². The number of methoxy groups -OCH3 is 1. The van der Waals surface area contributed by atoms with Crippen molar-refractivity contribution < 1.29 is 32.4 Å². The van der Waals surface area contributed by atoms with Crippen molar-refractivity contribution in [1.82, 2.24) is 4.90 Å². The molecule has 0 spiro atoms. The first-order valence-corrected chi connectivity index (χ1v) is 8.49. The summed E-state index contributed by atoms with van der Waals surface area (Å²) >= 11 is 0. The van der Waals surface area contributed by atoms with Crippen LogP contribution in [0.15, 0.2) is 36.4 Å². The smallest absolute Gasteiger partial charge is 0.416 e. The Labute approximate surface area is 164 Å². The van der Waals surface area contributed by atoms with Crippen molar-refractivity contribution in [1.29, 1.82) is 0 Å². The van der Waals surface area contributed by atoms with Crippen LogP contribution in [-0.4, -0.2) is 36.5 Å². The molecule has 7 nitrogen and oxygen atoms in total. The van der Waals surface area contributed by atoms with Crippen LogP contribution in [0, 0.1) is 10.1 Å². The molecule has 1 amide bonds. The third kappa shape index (κ3) is 4.95. The molecular weight excluding hydrogens is 393 g/mol. The summed E-state index contributed by atoms with van der Waals surface area (Å²) < 4.78 is 50.0. The molecule has 10 heteroatoms. The number of hydrogen-bond acceptors (Lipinski definition) is 5. The van der Waals surface area contributed by atoms with Crippen molar-refractivity contribution in [2.45, 2.75) is 19.6 Å². The molecule has 0 aromatic heterocycles. The van der Waals surface area contributed by atoms with E-state index in [1.807, 2.05) is 0 Å². The van der Waals surface area contributed by atoms with E-state index in [9.17, 15) is 28.1 Å². The SMILES string of the molecule is CCOc1cc(C(=O)N(C)Cc2ccccc2C(F)(F)F)c([N+](=O)[O-])cc1OC. The van der Waals surface area contributed by atoms with Gasteiger partial charge in [-0.05, 0) is 18.6 Å². The fourth-order valence-corrected chi connectivity index (χ4v) is 2.77. The van der Waals surface area contributed by atoms with Gasteiger partial charge in [-0.1, -0.05) is 18.2 Å². The Morgan fingerprint density at radius 3 is 2.41 bits per heavy atom. The van der Waals surface area contributed by atoms with Crippen molar-refractivity contribution in [3.63, 3.8) is 0 Å². The molecule has 156 valence electrons. The summed E-state index contributed by atoms with van der Waals surface area (Å²) in [5.74, 6) is -0.634. The first-order chi connectivity index (χ1) is 13.6. The van der Waals surface area contributed by atoms with Gasteiger partial charge >= 0.3 is 6.18 Å². The van der Waals surface area contributed by atoms with Crippen LogP contribution in [0.1, 0.15) is 28.4 Å². The van der Waals surface area contributed by atoms with Gasteiger partial charge in [0.15, 0.2) is 11.5 Å². The lowest BCUT2D eigenvalue weighted by molar-refractivity contribution is -0.385. The van der Waals surface area contributed by atoms with E-state index in [4.69, 9.17) is 9.47 Å². The zero-order valence-corrected chi connectivity index (χ0v) is 15.9. The fourth-order valence-electron chi connectivity index (χ4n) is 2.77. The number of carbonyl (C=O) groups excluding carboxylic acids is 1. The van der Waals surface area contributed by atoms with Gasteiger partial charge in [0.25, 0.3) is 11.6 Å². The van der Waals surface area contributed by atoms with E-state index in [0.29, 0.717) is 0 Å². The molecule has 0 heterocycles. The van der Waals surface area contributed by atoms with Crippen molar-refractivity contribution >= 4 is 11.6 Å². The second kappa shape index (κ2) is 8.80. The van der Waals surface area contributed by atoms with Crippen LogP contribution in [0.5, 0.6) is 11.5 Å². The highest BCUT2D eigenvalue weighted by Gasteiger charge is 2.34. The summed E-state index contributed by atoms with van der Waals surface area (Å²) in [5, 5.41) is 11.4. The number of hydrogen-bond donors (Lipinski definition) is 0. The van der Waals surface area contributed by atoms with Gasteiger partial charge in [-0.3, -0.25) is 14.9 Å². The predicted octanol–water partition coefficient (Wildman–Crippen LogP) is 4.29. The zero-order valence-electron chi connectivity index (χ0n) is 15.9. The third-order valence-electron chi connectivity index (χ3n) is 4.09. The van der Waals surface area contributed by atoms with Crippen LogP contribution in [0.3, 0.4) is 0 Å². The Kier molecular flexibility index (Phi) is 6.68. The van der Waals surface area contributed by atoms with Crippen LogP contribution in [0.2, 0.25) is 0 Å². The second-order valence-corrected chi connectivity index (χ2v) is 6.03. The van der Waals surface area contributed by atoms with Crippen LogP contribution in [-0.2, 0) is 12.7 Å². The van der Waals surface area contributed by atoms with Gasteiger partial charge in [0.2, 0.25) is 0 Å². The number of nitro groups is 1. The number of ether oxygens (including phenoxy) is 2. The quantitative estimate of drug-likeness (QED) is 0.500. The Hall–Kier alpha value is -3.30. The first-order valence-electron chi connectivity index (χ1n) is 8.49. The van der Waals surface area contributed by atoms with E-state index < -0.39 is 28.3 Å². The Bertz CT molecular complexity index is 915. The molecular formula is C19H19F3N2O5. The van der Waals surface area contributed by atoms with Gasteiger partial charge in [0, 0.05) is 19.7 Å². The highest BCUT2D eigenvalue weighted by atomic mass is 19.4. The Morgan fingerprint density at radius 1 is 1.21 bits per heavy atom. The normalized spacial score (nSPS) is 11.1. The average Bonchev–Trinajstić information content (AvgIpc) is 2.66. The van der Waals surface area contributed by atoms with Crippen molar-refractivity contribution in [2.75, 3.05) is 20.8 Å². The molecule has 0 saturated heterocycles. The average molecular weight is 412 g/mol. The molecule has 0 aliphatic carbocycles. The molecule has 2 aromatic carbocycles. The molecule has 2 aromatic rings. The van der Waals surface area contributed by atoms with Crippen molar-refractivity contribution in [3.05, 3.63) is 63.2 Å². The molecule has 0 aliphatic rings. The van der Waals surface area contributed by atoms with E-state index in [1.54, 1.807) is 6.92 Å². The minimum Gasteiger partial charge on any atom is -0.493 e. The van der Waals surface area contributed by atoms with Gasteiger partial charge in [-0.15, -0.1) is 0 Å². The third-order valence-corrected chi connectivity index (χ3v) is 4.09. The standard InChI is InChI=1S/C19H19F3N2O5/c1-4-29-17-9-13(15(24(26)27)10-16(17)28-3)18(25)23(2)11-12-7-5-6-8-14(12)19(20,21)22/h5-10H,4,11H2,1-3H3. The number of nitrogens with zero attached hydrogens (tertiary/aromatic N) is 2. The largest absolute Gasteiger partial charge is 0.493 e. The number of halogens is 3. The minimum atomic E-state index is -4.59. The van der Waals surface area contributed by atoms with E-state index in [0.717, 1.165) is 23.1 Å². The molecule has 0 bridgehead atoms. The lowest BCUT2D eigenvalue weighted by Gasteiger charge is -2.21. The van der Waals surface area contributed by atoms with E-state index in [2.05, 4.69) is 0 Å². The van der Waals surface area contributed by atoms with Crippen LogP contribution >= 0.6 is 0 Å². The number of benzene rings is 2. The van der Waals surface area contributed by atoms with Gasteiger partial charge in [-0.25, -0.2) is 0 Å². The molecule has 0 unspecified atom stereocenters. The van der Waals surface area contributed by atoms with Gasteiger partial charge < -0.3 is 14.4 Å². The summed E-state index contributed by atoms with van der Waals surface area (Å²) in [6.07, 6.45) is -4.59. The lowest BCUT2D eigenvalue weighted by atomic mass is 10.1. The van der Waals surface area contributed by atoms with E-state index >= 15 is 0 Å². The summed E-state index contributed by atoms with van der Waals surface area (Å²) in [6, 6.07) is 7.05. The number of alkyl halides is 3. The molecule has 0 fully saturated rings. The maximum absolute atomic E-state index is 13.2. The van der Waals surface area contributed by atoms with Gasteiger partial charge in [-0.2, -0.15) is 13.2 Å². The fraction of sp³-hybridized carbons (Fsp3) is 0.316. The summed E-state index contributed by atoms with van der Waals surface area (Å²) in [7, 11) is 2.56. The van der Waals surface area contributed by atoms with Crippen molar-refractivity contribution in [2.24, 2.45) is 0 Å². The maximum Gasteiger partial charge on any atom is 0.416 e. The minimum absolute atomic E-state index is 0.0696. The maximum atomic E-state index is 13.2. The molecule has 2 rings (SSSR count). The molecule has 0 N–H and O–H groups in total. The zero-order chi connectivity index (χ0) is 21.8. The number of carbonyl (C=O) groups is 1. The molecule has 0 atom stereocenters. The number of amides is 1. The Balaban J connectivity index is 2.44. The summed E-state index contributed by atoms with van der Waals surface area (Å²) in [4.78, 5) is 24.5. The molecule has 29 heavy (non-hydrogen) atoms. The van der Waals surface area contributed by atoms with Crippen LogP contribution in [0.4, 0.5) is 18.9 Å². The topological polar surface area (TPSA) is 81.9 Å². The number of nitro benzene ring substituents is 1. The van der Waals surface area contributed by atoms with E-state index in [1.165, 1.54) is 32.4 Å². The first kappa shape index (κ1) is 22.0. The summed E-state index contributed by atoms with van der Waals surface area (Å²) in [6.45, 7) is 1.51. The van der Waals surface area contributed by atoms with Gasteiger partial charge in [0.1, 0.15) is 5.56 Å². The molecule has 0 saturated carbocycles. The summed E-state index contributed by atoms with van der Waals surface area (Å²) in [5.41, 5.74) is -1.85. The molecule has 0 aliphatic heterocycles. The highest BCUT2D eigenvalue weighted by Crippen LogP contribution is 2.36. The second-order valence-electron chi connectivity index (χ2n) is 6.03. The molecule has 0 radical (unpaired) electrons. The van der Waals surface area contributed by atoms with E-state index in [-0.39, 0.29) is 35.8 Å². The van der Waals surface area contributed by atoms with Crippen LogP contribution in [0.25, 0.3) is 0 Å². The highest BCUT2D eigenvalue weighted by molar-refractivity contribution is 5.99.